The molecule has 7 heteroatoms. The molecule has 0 atom stereocenters. The van der Waals surface area contributed by atoms with E-state index in [0.717, 1.165) is 8.95 Å². The van der Waals surface area contributed by atoms with Gasteiger partial charge in [-0.3, -0.25) is 9.97 Å². The predicted octanol–water partition coefficient (Wildman–Crippen LogP) is 5.87. The fourth-order valence-electron chi connectivity index (χ4n) is 0.684. The van der Waals surface area contributed by atoms with Crippen molar-refractivity contribution in [1.82, 2.24) is 9.97 Å². The Kier molecular flexibility index (Phi) is 17.8. The monoisotopic (exact) mass is 529 g/mol. The minimum absolute atomic E-state index is 0. The van der Waals surface area contributed by atoms with Crippen LogP contribution in [0.1, 0.15) is 6.92 Å². The first kappa shape index (κ1) is 22.6. The Labute approximate surface area is 150 Å². The summed E-state index contributed by atoms with van der Waals surface area (Å²) in [6.45, 7) is 1.87. The second kappa shape index (κ2) is 15.7. The zero-order valence-corrected chi connectivity index (χ0v) is 17.4. The summed E-state index contributed by atoms with van der Waals surface area (Å²) in [5, 5.41) is 0. The van der Waals surface area contributed by atoms with Gasteiger partial charge in [-0.25, -0.2) is 0 Å². The van der Waals surface area contributed by atoms with Gasteiger partial charge in [-0.1, -0.05) is 0 Å². The molecule has 20 heavy (non-hydrogen) atoms. The van der Waals surface area contributed by atoms with Crippen LogP contribution in [0.15, 0.2) is 58.0 Å². The van der Waals surface area contributed by atoms with E-state index < -0.39 is 13.5 Å². The maximum absolute atomic E-state index is 5.32. The first-order valence-electron chi connectivity index (χ1n) is 4.95. The van der Waals surface area contributed by atoms with Crippen molar-refractivity contribution in [2.45, 2.75) is 6.92 Å². The summed E-state index contributed by atoms with van der Waals surface area (Å²) >= 11 is 5.13. The average Bonchev–Trinajstić information content (AvgIpc) is 2.42. The van der Waals surface area contributed by atoms with Crippen LogP contribution < -0.4 is 0 Å². The summed E-state index contributed by atoms with van der Waals surface area (Å²) in [5.41, 5.74) is 0. The van der Waals surface area contributed by atoms with Gasteiger partial charge in [0.15, 0.2) is 0 Å². The molecule has 0 aliphatic rings. The van der Waals surface area contributed by atoms with Gasteiger partial charge in [-0.05, 0) is 56.1 Å². The molecule has 0 saturated heterocycles. The molecule has 0 amide bonds. The van der Waals surface area contributed by atoms with Crippen LogP contribution >= 0.6 is 51.2 Å². The Morgan fingerprint density at radius 3 is 1.45 bits per heavy atom. The summed E-state index contributed by atoms with van der Waals surface area (Å²) in [6, 6.07) is 7.63. The number of halogens is 4. The first-order chi connectivity index (χ1) is 9.06. The Morgan fingerprint density at radius 2 is 1.35 bits per heavy atom. The smallest absolute Gasteiger partial charge is 0.358 e. The maximum atomic E-state index is 5.32. The van der Waals surface area contributed by atoms with Crippen molar-refractivity contribution in [2.75, 3.05) is 0 Å². The molecule has 0 saturated carbocycles. The molecule has 2 nitrogen and oxygen atoms in total. The third kappa shape index (κ3) is 16.4. The minimum Gasteiger partial charge on any atom is -0.358 e. The average molecular weight is 531 g/mol. The van der Waals surface area contributed by atoms with Gasteiger partial charge in [0, 0.05) is 33.7 Å². The molecular weight excluding hydrogens is 516 g/mol. The van der Waals surface area contributed by atoms with Crippen molar-refractivity contribution < 1.29 is 13.5 Å². The zero-order chi connectivity index (χ0) is 14.5. The van der Waals surface area contributed by atoms with E-state index in [1.165, 1.54) is 0 Å². The van der Waals surface area contributed by atoms with Crippen molar-refractivity contribution >= 4 is 55.9 Å². The molecule has 114 valence electrons. The van der Waals surface area contributed by atoms with E-state index in [0.29, 0.717) is 0 Å². The van der Waals surface area contributed by atoms with E-state index in [-0.39, 0.29) is 7.43 Å². The van der Waals surface area contributed by atoms with Gasteiger partial charge in [0.1, 0.15) is 0 Å². The summed E-state index contributed by atoms with van der Waals surface area (Å²) in [7, 11) is 10.6. The van der Waals surface area contributed by atoms with Gasteiger partial charge < -0.3 is 7.43 Å². The van der Waals surface area contributed by atoms with E-state index in [1.54, 1.807) is 24.8 Å². The van der Waals surface area contributed by atoms with Crippen LogP contribution in [-0.2, 0) is 13.5 Å². The van der Waals surface area contributed by atoms with Crippen molar-refractivity contribution in [1.29, 1.82) is 0 Å². The summed E-state index contributed by atoms with van der Waals surface area (Å²) in [6.07, 6.45) is 6.98. The summed E-state index contributed by atoms with van der Waals surface area (Å²) < 4.78 is 3.89. The fraction of sp³-hybridized carbons (Fsp3) is 0.0769. The number of rotatable bonds is 0. The normalized spacial score (nSPS) is 8.75. The van der Waals surface area contributed by atoms with Gasteiger partial charge in [0.2, 0.25) is 0 Å². The van der Waals surface area contributed by atoms with E-state index in [4.69, 9.17) is 19.4 Å². The Hall–Kier alpha value is 0.333. The second-order valence-corrected chi connectivity index (χ2v) is 10.8. The van der Waals surface area contributed by atoms with Crippen LogP contribution in [0.25, 0.3) is 0 Å². The van der Waals surface area contributed by atoms with Gasteiger partial charge in [0.25, 0.3) is 0 Å². The number of hydrogen-bond acceptors (Lipinski definition) is 2. The van der Waals surface area contributed by atoms with Gasteiger partial charge in [-0.15, -0.1) is 0 Å². The molecule has 0 aromatic carbocycles. The molecule has 0 unspecified atom stereocenters. The molecule has 0 N–H and O–H groups in total. The van der Waals surface area contributed by atoms with E-state index in [9.17, 15) is 0 Å². The SMILES string of the molecule is Brc1cccnc1.Brc1cccnc1.C[CH]=[Ru]([Cl])[Cl].[CH3-]. The van der Waals surface area contributed by atoms with Gasteiger partial charge >= 0.3 is 44.4 Å². The molecule has 2 aromatic heterocycles. The van der Waals surface area contributed by atoms with Gasteiger partial charge in [0.05, 0.1) is 0 Å². The molecule has 0 aliphatic heterocycles. The number of hydrogen-bond donors (Lipinski definition) is 0. The number of pyridine rings is 2. The minimum atomic E-state index is -1.36. The number of aromatic nitrogens is 2. The molecule has 0 fully saturated rings. The van der Waals surface area contributed by atoms with Crippen molar-refractivity contribution in [2.24, 2.45) is 0 Å². The van der Waals surface area contributed by atoms with Crippen molar-refractivity contribution in [3.05, 3.63) is 65.4 Å². The van der Waals surface area contributed by atoms with Crippen LogP contribution in [0.2, 0.25) is 0 Å². The fourth-order valence-corrected chi connectivity index (χ4v) is 1.23. The van der Waals surface area contributed by atoms with Crippen LogP contribution in [-0.4, -0.2) is 14.6 Å². The van der Waals surface area contributed by atoms with Gasteiger partial charge in [-0.2, -0.15) is 0 Å². The van der Waals surface area contributed by atoms with E-state index in [1.807, 2.05) is 35.8 Å². The third-order valence-electron chi connectivity index (χ3n) is 1.41. The molecule has 0 aliphatic carbocycles. The quantitative estimate of drug-likeness (QED) is 0.314. The molecule has 2 heterocycles. The first-order valence-corrected chi connectivity index (χ1v) is 12.0. The molecule has 0 spiro atoms. The van der Waals surface area contributed by atoms with E-state index >= 15 is 0 Å². The molecule has 0 bridgehead atoms. The summed E-state index contributed by atoms with van der Waals surface area (Å²) in [5.74, 6) is 0. The van der Waals surface area contributed by atoms with Crippen LogP contribution in [0.5, 0.6) is 0 Å². The third-order valence-corrected chi connectivity index (χ3v) is 4.93. The standard InChI is InChI=1S/2C5H4BrN.C2H4.CH3.2ClH.Ru/c2*6-5-2-1-3-7-4-5;1-2;;;;/h2*1-4H;1H,2H3;1H3;2*1H;/q;;;-1;;;+2/p-2. The van der Waals surface area contributed by atoms with Crippen LogP contribution in [0.3, 0.4) is 0 Å². The topological polar surface area (TPSA) is 25.8 Å². The molecular formula is C13H15Br2Cl2N2Ru-. The van der Waals surface area contributed by atoms with Crippen molar-refractivity contribution in [3.8, 4) is 0 Å². The summed E-state index contributed by atoms with van der Waals surface area (Å²) in [4.78, 5) is 7.67. The van der Waals surface area contributed by atoms with Crippen LogP contribution in [0.4, 0.5) is 0 Å². The molecule has 2 rings (SSSR count). The van der Waals surface area contributed by atoms with Crippen LogP contribution in [0, 0.1) is 7.43 Å². The van der Waals surface area contributed by atoms with Crippen molar-refractivity contribution in [3.63, 3.8) is 0 Å². The largest absolute Gasteiger partial charge is 0.358 e. The maximum Gasteiger partial charge on any atom is -0.358 e. The molecule has 0 radical (unpaired) electrons. The molecule has 2 aromatic rings. The predicted molar refractivity (Wildman–Crippen MR) is 93.7 cm³/mol. The van der Waals surface area contributed by atoms with E-state index in [2.05, 4.69) is 41.8 Å². The zero-order valence-electron chi connectivity index (χ0n) is 11.0. The Morgan fingerprint density at radius 1 is 1.00 bits per heavy atom. The number of nitrogens with zero attached hydrogens (tertiary/aromatic N) is 2. The Balaban J connectivity index is 0. The Bertz CT molecular complexity index is 429. The second-order valence-electron chi connectivity index (χ2n) is 2.75.